The molecule has 1 aliphatic rings. The summed E-state index contributed by atoms with van der Waals surface area (Å²) in [6, 6.07) is 19.4. The fourth-order valence-electron chi connectivity index (χ4n) is 4.30. The van der Waals surface area contributed by atoms with Crippen LogP contribution in [0.1, 0.15) is 55.7 Å². The number of benzene rings is 2. The first-order valence-corrected chi connectivity index (χ1v) is 10.8. The van der Waals surface area contributed by atoms with Gasteiger partial charge in [0.15, 0.2) is 0 Å². The molecule has 0 saturated heterocycles. The Morgan fingerprint density at radius 2 is 1.61 bits per heavy atom. The third-order valence-corrected chi connectivity index (χ3v) is 6.31. The van der Waals surface area contributed by atoms with E-state index in [0.29, 0.717) is 12.5 Å². The number of nitrogens with zero attached hydrogens (tertiary/aromatic N) is 1. The normalized spacial score (nSPS) is 22.8. The molecule has 0 amide bonds. The number of hydrogen-bond donors (Lipinski definition) is 0. The van der Waals surface area contributed by atoms with Crippen molar-refractivity contribution in [3.8, 4) is 0 Å². The summed E-state index contributed by atoms with van der Waals surface area (Å²) < 4.78 is 26.7. The van der Waals surface area contributed by atoms with Crippen LogP contribution in [0.25, 0.3) is 0 Å². The van der Waals surface area contributed by atoms with Crippen LogP contribution in [0.4, 0.5) is 8.78 Å². The highest BCUT2D eigenvalue weighted by Crippen LogP contribution is 2.41. The SMILES string of the molecule is CCC(CCc1ccc(C2CC(F)C2F)cc1)N(CC)CCc1ccccc1. The monoisotopic (exact) mass is 385 g/mol. The summed E-state index contributed by atoms with van der Waals surface area (Å²) in [7, 11) is 0. The lowest BCUT2D eigenvalue weighted by Crippen LogP contribution is -2.38. The molecule has 0 aliphatic heterocycles. The zero-order chi connectivity index (χ0) is 19.9. The zero-order valence-electron chi connectivity index (χ0n) is 17.2. The number of alkyl halides is 2. The second-order valence-electron chi connectivity index (χ2n) is 8.01. The van der Waals surface area contributed by atoms with E-state index < -0.39 is 12.3 Å². The van der Waals surface area contributed by atoms with E-state index in [9.17, 15) is 8.78 Å². The lowest BCUT2D eigenvalue weighted by Gasteiger charge is -2.34. The van der Waals surface area contributed by atoms with Crippen molar-refractivity contribution in [1.82, 2.24) is 4.90 Å². The molecule has 4 unspecified atom stereocenters. The fourth-order valence-corrected chi connectivity index (χ4v) is 4.30. The van der Waals surface area contributed by atoms with Crippen LogP contribution in [0, 0.1) is 0 Å². The number of aryl methyl sites for hydroxylation is 1. The third kappa shape index (κ3) is 5.20. The maximum Gasteiger partial charge on any atom is 0.138 e. The Labute approximate surface area is 168 Å². The molecule has 0 radical (unpaired) electrons. The quantitative estimate of drug-likeness (QED) is 0.476. The van der Waals surface area contributed by atoms with Gasteiger partial charge in [0.05, 0.1) is 0 Å². The summed E-state index contributed by atoms with van der Waals surface area (Å²) in [5, 5.41) is 0. The van der Waals surface area contributed by atoms with Crippen molar-refractivity contribution < 1.29 is 8.78 Å². The van der Waals surface area contributed by atoms with Gasteiger partial charge in [-0.15, -0.1) is 0 Å². The van der Waals surface area contributed by atoms with E-state index in [0.717, 1.165) is 44.3 Å². The Bertz CT molecular complexity index is 700. The first-order valence-electron chi connectivity index (χ1n) is 10.8. The first-order chi connectivity index (χ1) is 13.6. The van der Waals surface area contributed by atoms with Crippen molar-refractivity contribution in [1.29, 1.82) is 0 Å². The molecule has 1 saturated carbocycles. The summed E-state index contributed by atoms with van der Waals surface area (Å²) >= 11 is 0. The van der Waals surface area contributed by atoms with Gasteiger partial charge in [-0.3, -0.25) is 0 Å². The summed E-state index contributed by atoms with van der Waals surface area (Å²) in [5.74, 6) is -0.249. The van der Waals surface area contributed by atoms with Crippen molar-refractivity contribution in [2.45, 2.75) is 70.3 Å². The molecule has 1 fully saturated rings. The zero-order valence-corrected chi connectivity index (χ0v) is 17.2. The highest BCUT2D eigenvalue weighted by molar-refractivity contribution is 5.29. The Kier molecular flexibility index (Phi) is 7.61. The Morgan fingerprint density at radius 1 is 0.929 bits per heavy atom. The fraction of sp³-hybridized carbons (Fsp3) is 0.520. The average Bonchev–Trinajstić information content (AvgIpc) is 2.75. The van der Waals surface area contributed by atoms with Crippen LogP contribution in [-0.4, -0.2) is 36.4 Å². The van der Waals surface area contributed by atoms with Crippen LogP contribution >= 0.6 is 0 Å². The van der Waals surface area contributed by atoms with Gasteiger partial charge >= 0.3 is 0 Å². The average molecular weight is 386 g/mol. The minimum atomic E-state index is -1.32. The van der Waals surface area contributed by atoms with Crippen molar-refractivity contribution in [2.24, 2.45) is 0 Å². The van der Waals surface area contributed by atoms with Crippen molar-refractivity contribution in [2.75, 3.05) is 13.1 Å². The van der Waals surface area contributed by atoms with Gasteiger partial charge in [-0.2, -0.15) is 0 Å². The van der Waals surface area contributed by atoms with Gasteiger partial charge < -0.3 is 4.90 Å². The maximum absolute atomic E-state index is 13.6. The lowest BCUT2D eigenvalue weighted by atomic mass is 9.76. The number of rotatable bonds is 10. The smallest absolute Gasteiger partial charge is 0.138 e. The van der Waals surface area contributed by atoms with Crippen LogP contribution in [-0.2, 0) is 12.8 Å². The summed E-state index contributed by atoms with van der Waals surface area (Å²) in [5.41, 5.74) is 3.62. The molecule has 28 heavy (non-hydrogen) atoms. The molecule has 1 nitrogen and oxygen atoms in total. The molecule has 0 N–H and O–H groups in total. The summed E-state index contributed by atoms with van der Waals surface area (Å²) in [6.07, 6.45) is 2.11. The molecule has 2 aromatic carbocycles. The molecular formula is C25H33F2N. The molecule has 2 aromatic rings. The molecular weight excluding hydrogens is 352 g/mol. The summed E-state index contributed by atoms with van der Waals surface area (Å²) in [6.45, 7) is 6.66. The van der Waals surface area contributed by atoms with Crippen LogP contribution < -0.4 is 0 Å². The highest BCUT2D eigenvalue weighted by atomic mass is 19.2. The Balaban J connectivity index is 1.50. The third-order valence-electron chi connectivity index (χ3n) is 6.31. The van der Waals surface area contributed by atoms with E-state index in [1.54, 1.807) is 0 Å². The van der Waals surface area contributed by atoms with E-state index in [2.05, 4.69) is 61.2 Å². The molecule has 4 atom stereocenters. The molecule has 3 heteroatoms. The molecule has 152 valence electrons. The van der Waals surface area contributed by atoms with Gasteiger partial charge in [0.1, 0.15) is 12.3 Å². The van der Waals surface area contributed by atoms with Gasteiger partial charge in [-0.25, -0.2) is 8.78 Å². The highest BCUT2D eigenvalue weighted by Gasteiger charge is 2.42. The molecule has 0 aromatic heterocycles. The minimum absolute atomic E-state index is 0.249. The van der Waals surface area contributed by atoms with E-state index >= 15 is 0 Å². The molecule has 0 bridgehead atoms. The Hall–Kier alpha value is -1.74. The minimum Gasteiger partial charge on any atom is -0.300 e. The van der Waals surface area contributed by atoms with E-state index in [1.165, 1.54) is 11.1 Å². The van der Waals surface area contributed by atoms with Gasteiger partial charge in [-0.1, -0.05) is 68.4 Å². The molecule has 3 rings (SSSR count). The molecule has 0 heterocycles. The predicted molar refractivity (Wildman–Crippen MR) is 113 cm³/mol. The first kappa shape index (κ1) is 21.0. The van der Waals surface area contributed by atoms with Crippen molar-refractivity contribution in [3.05, 3.63) is 71.3 Å². The Morgan fingerprint density at radius 3 is 2.18 bits per heavy atom. The van der Waals surface area contributed by atoms with Crippen molar-refractivity contribution >= 4 is 0 Å². The topological polar surface area (TPSA) is 3.24 Å². The van der Waals surface area contributed by atoms with E-state index in [1.807, 2.05) is 12.1 Å². The lowest BCUT2D eigenvalue weighted by molar-refractivity contribution is 0.0428. The number of likely N-dealkylation sites (N-methyl/N-ethyl adjacent to an activating group) is 1. The second kappa shape index (κ2) is 10.2. The van der Waals surface area contributed by atoms with Gasteiger partial charge in [-0.05, 0) is 55.3 Å². The molecule has 0 spiro atoms. The van der Waals surface area contributed by atoms with Crippen LogP contribution in [0.5, 0.6) is 0 Å². The van der Waals surface area contributed by atoms with Crippen molar-refractivity contribution in [3.63, 3.8) is 0 Å². The number of hydrogen-bond acceptors (Lipinski definition) is 1. The van der Waals surface area contributed by atoms with Gasteiger partial charge in [0.25, 0.3) is 0 Å². The van der Waals surface area contributed by atoms with Crippen LogP contribution in [0.15, 0.2) is 54.6 Å². The maximum atomic E-state index is 13.6. The largest absolute Gasteiger partial charge is 0.300 e. The second-order valence-corrected chi connectivity index (χ2v) is 8.01. The van der Waals surface area contributed by atoms with E-state index in [-0.39, 0.29) is 5.92 Å². The van der Waals surface area contributed by atoms with Gasteiger partial charge in [0, 0.05) is 18.5 Å². The standard InChI is InChI=1S/C25H33F2N/c1-3-22(28(4-2)17-16-19-8-6-5-7-9-19)15-12-20-10-13-21(14-11-20)23-18-24(26)25(23)27/h5-11,13-14,22-25H,3-4,12,15-18H2,1-2H3. The summed E-state index contributed by atoms with van der Waals surface area (Å²) in [4.78, 5) is 2.59. The van der Waals surface area contributed by atoms with Gasteiger partial charge in [0.2, 0.25) is 0 Å². The predicted octanol–water partition coefficient (Wildman–Crippen LogP) is 6.13. The van der Waals surface area contributed by atoms with Crippen LogP contribution in [0.3, 0.4) is 0 Å². The van der Waals surface area contributed by atoms with Crippen LogP contribution in [0.2, 0.25) is 0 Å². The molecule has 1 aliphatic carbocycles. The number of halogens is 2. The van der Waals surface area contributed by atoms with E-state index in [4.69, 9.17) is 0 Å².